The van der Waals surface area contributed by atoms with Gasteiger partial charge in [-0.25, -0.2) is 0 Å². The van der Waals surface area contributed by atoms with E-state index in [4.69, 9.17) is 0 Å². The summed E-state index contributed by atoms with van der Waals surface area (Å²) in [5.74, 6) is 0. The van der Waals surface area contributed by atoms with E-state index in [-0.39, 0.29) is 0 Å². The fraction of sp³-hybridized carbons (Fsp3) is 0.100. The van der Waals surface area contributed by atoms with Gasteiger partial charge in [0.15, 0.2) is 0 Å². The minimum Gasteiger partial charge on any atom is -0.114 e. The molecule has 0 aliphatic carbocycles. The SMILES string of the molecule is Cc1cc(-c2cccc(-c3ccc(P)cc3)c2)ccc1CPP. The molecule has 23 heavy (non-hydrogen) atoms. The van der Waals surface area contributed by atoms with Crippen LogP contribution in [0.4, 0.5) is 0 Å². The van der Waals surface area contributed by atoms with E-state index in [1.54, 1.807) is 0 Å². The van der Waals surface area contributed by atoms with Gasteiger partial charge in [-0.3, -0.25) is 0 Å². The summed E-state index contributed by atoms with van der Waals surface area (Å²) in [6, 6.07) is 24.3. The molecule has 0 heterocycles. The van der Waals surface area contributed by atoms with Crippen LogP contribution in [0, 0.1) is 6.92 Å². The van der Waals surface area contributed by atoms with Gasteiger partial charge in [-0.15, -0.1) is 18.2 Å². The first kappa shape index (κ1) is 16.8. The molecular weight excluding hydrogens is 333 g/mol. The molecule has 0 spiro atoms. The van der Waals surface area contributed by atoms with E-state index in [1.165, 1.54) is 38.7 Å². The second kappa shape index (κ2) is 7.68. The lowest BCUT2D eigenvalue weighted by molar-refractivity contribution is 1.31. The molecule has 116 valence electrons. The lowest BCUT2D eigenvalue weighted by Gasteiger charge is -2.10. The van der Waals surface area contributed by atoms with Crippen LogP contribution < -0.4 is 5.30 Å². The average Bonchev–Trinajstić information content (AvgIpc) is 2.58. The number of hydrogen-bond acceptors (Lipinski definition) is 0. The zero-order valence-corrected chi connectivity index (χ0v) is 16.5. The van der Waals surface area contributed by atoms with Gasteiger partial charge in [0, 0.05) is 0 Å². The van der Waals surface area contributed by atoms with E-state index < -0.39 is 0 Å². The third-order valence-corrected chi connectivity index (χ3v) is 5.66. The molecule has 3 heteroatoms. The predicted molar refractivity (Wildman–Crippen MR) is 113 cm³/mol. The van der Waals surface area contributed by atoms with Crippen molar-refractivity contribution in [2.45, 2.75) is 13.1 Å². The summed E-state index contributed by atoms with van der Waals surface area (Å²) in [5.41, 5.74) is 7.93. The number of rotatable bonds is 4. The van der Waals surface area contributed by atoms with E-state index in [0.717, 1.165) is 14.4 Å². The summed E-state index contributed by atoms with van der Waals surface area (Å²) in [5, 5.41) is 1.21. The van der Waals surface area contributed by atoms with Gasteiger partial charge in [0.25, 0.3) is 0 Å². The monoisotopic (exact) mass is 354 g/mol. The normalized spacial score (nSPS) is 11.3. The van der Waals surface area contributed by atoms with E-state index in [0.29, 0.717) is 0 Å². The van der Waals surface area contributed by atoms with Crippen LogP contribution >= 0.6 is 26.4 Å². The van der Waals surface area contributed by atoms with Gasteiger partial charge >= 0.3 is 0 Å². The Labute approximate surface area is 145 Å². The Kier molecular flexibility index (Phi) is 5.61. The van der Waals surface area contributed by atoms with Crippen LogP contribution in [0.25, 0.3) is 22.3 Å². The van der Waals surface area contributed by atoms with E-state index in [1.807, 2.05) is 0 Å². The van der Waals surface area contributed by atoms with Crippen molar-refractivity contribution in [3.63, 3.8) is 0 Å². The van der Waals surface area contributed by atoms with Crippen LogP contribution in [-0.2, 0) is 6.16 Å². The van der Waals surface area contributed by atoms with Crippen molar-refractivity contribution in [2.75, 3.05) is 0 Å². The maximum Gasteiger partial charge on any atom is -0.00637 e. The van der Waals surface area contributed by atoms with Gasteiger partial charge < -0.3 is 0 Å². The van der Waals surface area contributed by atoms with Crippen molar-refractivity contribution in [1.29, 1.82) is 0 Å². The molecule has 3 atom stereocenters. The third kappa shape index (κ3) is 4.08. The van der Waals surface area contributed by atoms with Crippen molar-refractivity contribution >= 4 is 31.7 Å². The fourth-order valence-electron chi connectivity index (χ4n) is 2.74. The molecule has 0 radical (unpaired) electrons. The summed E-state index contributed by atoms with van der Waals surface area (Å²) in [6.07, 6.45) is 1.15. The Hall–Kier alpha value is -1.05. The molecule has 0 bridgehead atoms. The highest BCUT2D eigenvalue weighted by Crippen LogP contribution is 2.31. The van der Waals surface area contributed by atoms with E-state index in [2.05, 4.69) is 91.8 Å². The van der Waals surface area contributed by atoms with Crippen molar-refractivity contribution in [1.82, 2.24) is 0 Å². The number of benzene rings is 3. The molecule has 3 aromatic carbocycles. The van der Waals surface area contributed by atoms with Crippen molar-refractivity contribution in [3.05, 3.63) is 77.9 Å². The third-order valence-electron chi connectivity index (χ3n) is 4.08. The minimum atomic E-state index is 0.888. The summed E-state index contributed by atoms with van der Waals surface area (Å²) >= 11 is 0. The van der Waals surface area contributed by atoms with Gasteiger partial charge in [0.05, 0.1) is 0 Å². The number of aryl methyl sites for hydroxylation is 1. The highest BCUT2D eigenvalue weighted by molar-refractivity contribution is 8.02. The average molecular weight is 354 g/mol. The van der Waals surface area contributed by atoms with Gasteiger partial charge in [0.2, 0.25) is 0 Å². The Bertz CT molecular complexity index is 807. The molecule has 0 N–H and O–H groups in total. The van der Waals surface area contributed by atoms with Crippen molar-refractivity contribution < 1.29 is 0 Å². The summed E-state index contributed by atoms with van der Waals surface area (Å²) in [7, 11) is 6.46. The highest BCUT2D eigenvalue weighted by atomic mass is 32.0. The van der Waals surface area contributed by atoms with Crippen molar-refractivity contribution in [2.24, 2.45) is 0 Å². The van der Waals surface area contributed by atoms with Crippen LogP contribution in [0.5, 0.6) is 0 Å². The maximum absolute atomic E-state index is 2.83. The minimum absolute atomic E-state index is 0.888. The lowest BCUT2D eigenvalue weighted by atomic mass is 9.97. The van der Waals surface area contributed by atoms with Gasteiger partial charge in [0.1, 0.15) is 0 Å². The summed E-state index contributed by atoms with van der Waals surface area (Å²) in [4.78, 5) is 0. The molecule has 3 aromatic rings. The molecule has 0 amide bonds. The topological polar surface area (TPSA) is 0 Å². The van der Waals surface area contributed by atoms with Crippen LogP contribution in [0.2, 0.25) is 0 Å². The van der Waals surface area contributed by atoms with Crippen LogP contribution in [-0.4, -0.2) is 0 Å². The molecule has 0 fully saturated rings. The lowest BCUT2D eigenvalue weighted by Crippen LogP contribution is -1.89. The Morgan fingerprint density at radius 3 is 2.04 bits per heavy atom. The quantitative estimate of drug-likeness (QED) is 0.520. The first-order valence-corrected chi connectivity index (χ1v) is 11.3. The van der Waals surface area contributed by atoms with Crippen LogP contribution in [0.15, 0.2) is 66.7 Å². The first-order valence-electron chi connectivity index (χ1n) is 7.67. The number of hydrogen-bond donors (Lipinski definition) is 0. The van der Waals surface area contributed by atoms with Gasteiger partial charge in [-0.05, 0) is 57.8 Å². The molecule has 0 saturated carbocycles. The standard InChI is InChI=1S/C20H21P3/c1-14-11-18(5-6-19(14)13-23-22)17-4-2-3-16(12-17)15-7-9-20(21)10-8-15/h2-12,23H,13,21-22H2,1H3. The molecule has 0 aliphatic rings. The summed E-state index contributed by atoms with van der Waals surface area (Å²) < 4.78 is 0. The summed E-state index contributed by atoms with van der Waals surface area (Å²) in [6.45, 7) is 2.21. The van der Waals surface area contributed by atoms with E-state index >= 15 is 0 Å². The molecule has 3 unspecified atom stereocenters. The second-order valence-electron chi connectivity index (χ2n) is 5.72. The van der Waals surface area contributed by atoms with Gasteiger partial charge in [-0.2, -0.15) is 0 Å². The fourth-order valence-corrected chi connectivity index (χ4v) is 4.21. The van der Waals surface area contributed by atoms with Crippen LogP contribution in [0.1, 0.15) is 11.1 Å². The molecule has 0 nitrogen and oxygen atoms in total. The Morgan fingerprint density at radius 2 is 1.39 bits per heavy atom. The molecule has 0 aliphatic heterocycles. The second-order valence-corrected chi connectivity index (χ2v) is 8.38. The molecule has 0 saturated heterocycles. The molecule has 0 aromatic heterocycles. The Morgan fingerprint density at radius 1 is 0.783 bits per heavy atom. The first-order chi connectivity index (χ1) is 11.2. The van der Waals surface area contributed by atoms with Crippen LogP contribution in [0.3, 0.4) is 0 Å². The van der Waals surface area contributed by atoms with Crippen molar-refractivity contribution in [3.8, 4) is 22.3 Å². The van der Waals surface area contributed by atoms with E-state index in [9.17, 15) is 0 Å². The highest BCUT2D eigenvalue weighted by Gasteiger charge is 2.04. The largest absolute Gasteiger partial charge is 0.114 e. The zero-order chi connectivity index (χ0) is 16.2. The molecule has 3 rings (SSSR count). The maximum atomic E-state index is 2.83. The van der Waals surface area contributed by atoms with Gasteiger partial charge in [-0.1, -0.05) is 68.9 Å². The zero-order valence-electron chi connectivity index (χ0n) is 13.2. The predicted octanol–water partition coefficient (Wildman–Crippen LogP) is 5.80. The molecular formula is C20H21P3. The Balaban J connectivity index is 1.96. The smallest absolute Gasteiger partial charge is 0.00637 e.